The maximum Gasteiger partial charge on any atom is 0.261 e. The zero-order valence-electron chi connectivity index (χ0n) is 20.2. The fourth-order valence-electron chi connectivity index (χ4n) is 4.44. The first-order valence-electron chi connectivity index (χ1n) is 11.8. The number of hydrogen-bond donors (Lipinski definition) is 2. The van der Waals surface area contributed by atoms with Gasteiger partial charge in [0.2, 0.25) is 0 Å². The summed E-state index contributed by atoms with van der Waals surface area (Å²) in [7, 11) is -2.28. The van der Waals surface area contributed by atoms with Gasteiger partial charge in [0.05, 0.1) is 17.7 Å². The highest BCUT2D eigenvalue weighted by atomic mass is 32.2. The molecular weight excluding hydrogens is 484 g/mol. The summed E-state index contributed by atoms with van der Waals surface area (Å²) in [6, 6.07) is 32.3. The molecule has 37 heavy (non-hydrogen) atoms. The Balaban J connectivity index is 1.47. The van der Waals surface area contributed by atoms with E-state index in [0.29, 0.717) is 22.8 Å². The summed E-state index contributed by atoms with van der Waals surface area (Å²) in [5, 5.41) is 11.8. The topological polar surface area (TPSA) is 88.0 Å². The Labute approximate surface area is 216 Å². The SMILES string of the molecule is COc1ccc(NS(=O)(=O)c2cccc(N=C3C=C(c4ccccc4)[C@@](O)(c4ccccc4)C3)c2)cc1. The van der Waals surface area contributed by atoms with E-state index < -0.39 is 15.6 Å². The first kappa shape index (κ1) is 24.5. The Bertz CT molecular complexity index is 1570. The zero-order chi connectivity index (χ0) is 25.9. The Kier molecular flexibility index (Phi) is 6.65. The van der Waals surface area contributed by atoms with Crippen molar-refractivity contribution in [1.82, 2.24) is 0 Å². The van der Waals surface area contributed by atoms with Gasteiger partial charge < -0.3 is 9.84 Å². The Hall–Kier alpha value is -4.20. The number of allylic oxidation sites excluding steroid dienone is 1. The lowest BCUT2D eigenvalue weighted by Crippen LogP contribution is -2.25. The molecule has 4 aromatic rings. The monoisotopic (exact) mass is 510 g/mol. The zero-order valence-corrected chi connectivity index (χ0v) is 21.0. The van der Waals surface area contributed by atoms with Gasteiger partial charge in [-0.1, -0.05) is 66.7 Å². The number of benzene rings is 4. The second kappa shape index (κ2) is 10.0. The summed E-state index contributed by atoms with van der Waals surface area (Å²) in [5.74, 6) is 0.635. The maximum absolute atomic E-state index is 13.0. The summed E-state index contributed by atoms with van der Waals surface area (Å²) >= 11 is 0. The molecule has 0 saturated heterocycles. The Morgan fingerprint density at radius 1 is 0.865 bits per heavy atom. The van der Waals surface area contributed by atoms with E-state index in [9.17, 15) is 13.5 Å². The van der Waals surface area contributed by atoms with Crippen LogP contribution in [-0.2, 0) is 15.6 Å². The number of sulfonamides is 1. The van der Waals surface area contributed by atoms with Gasteiger partial charge in [-0.3, -0.25) is 9.71 Å². The van der Waals surface area contributed by atoms with Gasteiger partial charge in [0.15, 0.2) is 0 Å². The molecule has 1 atom stereocenters. The normalized spacial score (nSPS) is 18.4. The van der Waals surface area contributed by atoms with Crippen LogP contribution in [-0.4, -0.2) is 26.3 Å². The van der Waals surface area contributed by atoms with Crippen molar-refractivity contribution in [3.8, 4) is 5.75 Å². The minimum atomic E-state index is -3.83. The molecule has 0 aromatic heterocycles. The average molecular weight is 511 g/mol. The summed E-state index contributed by atoms with van der Waals surface area (Å²) in [4.78, 5) is 4.82. The summed E-state index contributed by atoms with van der Waals surface area (Å²) < 4.78 is 33.8. The van der Waals surface area contributed by atoms with E-state index in [0.717, 1.165) is 16.7 Å². The molecule has 0 aliphatic heterocycles. The summed E-state index contributed by atoms with van der Waals surface area (Å²) in [5.41, 5.74) is 2.74. The van der Waals surface area contributed by atoms with E-state index in [4.69, 9.17) is 9.73 Å². The average Bonchev–Trinajstić information content (AvgIpc) is 3.27. The molecule has 1 aliphatic carbocycles. The maximum atomic E-state index is 13.0. The van der Waals surface area contributed by atoms with Gasteiger partial charge in [0.1, 0.15) is 11.4 Å². The third kappa shape index (κ3) is 5.18. The van der Waals surface area contributed by atoms with E-state index in [1.54, 1.807) is 43.5 Å². The van der Waals surface area contributed by atoms with Crippen LogP contribution in [0.25, 0.3) is 5.57 Å². The first-order valence-corrected chi connectivity index (χ1v) is 13.3. The highest BCUT2D eigenvalue weighted by Crippen LogP contribution is 2.44. The third-order valence-electron chi connectivity index (χ3n) is 6.27. The molecule has 5 rings (SSSR count). The van der Waals surface area contributed by atoms with E-state index >= 15 is 0 Å². The molecule has 186 valence electrons. The van der Waals surface area contributed by atoms with E-state index in [-0.39, 0.29) is 11.3 Å². The molecule has 0 spiro atoms. The van der Waals surface area contributed by atoms with Gasteiger partial charge in [-0.15, -0.1) is 0 Å². The molecule has 0 bridgehead atoms. The third-order valence-corrected chi connectivity index (χ3v) is 7.65. The van der Waals surface area contributed by atoms with Gasteiger partial charge in [-0.2, -0.15) is 0 Å². The summed E-state index contributed by atoms with van der Waals surface area (Å²) in [6.07, 6.45) is 2.15. The number of nitrogens with zero attached hydrogens (tertiary/aromatic N) is 1. The van der Waals surface area contributed by atoms with E-state index in [1.165, 1.54) is 12.1 Å². The van der Waals surface area contributed by atoms with Crippen LogP contribution in [0.15, 0.2) is 125 Å². The molecule has 4 aromatic carbocycles. The van der Waals surface area contributed by atoms with Gasteiger partial charge in [-0.25, -0.2) is 8.42 Å². The number of nitrogens with one attached hydrogen (secondary N) is 1. The number of anilines is 1. The number of aliphatic imine (C=N–C) groups is 1. The van der Waals surface area contributed by atoms with Crippen molar-refractivity contribution in [2.75, 3.05) is 11.8 Å². The van der Waals surface area contributed by atoms with Gasteiger partial charge in [0.25, 0.3) is 10.0 Å². The van der Waals surface area contributed by atoms with Gasteiger partial charge in [-0.05, 0) is 65.2 Å². The quantitative estimate of drug-likeness (QED) is 0.322. The minimum absolute atomic E-state index is 0.0914. The lowest BCUT2D eigenvalue weighted by molar-refractivity contribution is 0.113. The highest BCUT2D eigenvalue weighted by Gasteiger charge is 2.40. The Morgan fingerprint density at radius 3 is 2.22 bits per heavy atom. The predicted molar refractivity (Wildman–Crippen MR) is 147 cm³/mol. The number of aliphatic hydroxyl groups is 1. The van der Waals surface area contributed by atoms with Crippen LogP contribution in [0.2, 0.25) is 0 Å². The molecular formula is C30H26N2O4S. The van der Waals surface area contributed by atoms with Crippen molar-refractivity contribution in [3.05, 3.63) is 126 Å². The molecule has 0 amide bonds. The van der Waals surface area contributed by atoms with Crippen molar-refractivity contribution in [2.24, 2.45) is 4.99 Å². The van der Waals surface area contributed by atoms with Crippen molar-refractivity contribution in [2.45, 2.75) is 16.9 Å². The minimum Gasteiger partial charge on any atom is -0.497 e. The molecule has 0 saturated carbocycles. The number of methoxy groups -OCH3 is 1. The van der Waals surface area contributed by atoms with E-state index in [1.807, 2.05) is 66.7 Å². The van der Waals surface area contributed by atoms with Crippen LogP contribution >= 0.6 is 0 Å². The molecule has 0 radical (unpaired) electrons. The number of ether oxygens (including phenoxy) is 1. The van der Waals surface area contributed by atoms with Gasteiger partial charge >= 0.3 is 0 Å². The van der Waals surface area contributed by atoms with Gasteiger partial charge in [0, 0.05) is 17.8 Å². The largest absolute Gasteiger partial charge is 0.497 e. The van der Waals surface area contributed by atoms with Crippen molar-refractivity contribution >= 4 is 32.7 Å². The van der Waals surface area contributed by atoms with Crippen molar-refractivity contribution in [3.63, 3.8) is 0 Å². The fraction of sp³-hybridized carbons (Fsp3) is 0.100. The summed E-state index contributed by atoms with van der Waals surface area (Å²) in [6.45, 7) is 0. The molecule has 0 heterocycles. The molecule has 0 fully saturated rings. The molecule has 1 aliphatic rings. The Morgan fingerprint density at radius 2 is 1.54 bits per heavy atom. The number of hydrogen-bond acceptors (Lipinski definition) is 5. The molecule has 6 nitrogen and oxygen atoms in total. The smallest absolute Gasteiger partial charge is 0.261 e. The van der Waals surface area contributed by atoms with Crippen LogP contribution in [0.3, 0.4) is 0 Å². The second-order valence-corrected chi connectivity index (χ2v) is 10.4. The van der Waals surface area contributed by atoms with Crippen LogP contribution < -0.4 is 9.46 Å². The van der Waals surface area contributed by atoms with Crippen molar-refractivity contribution < 1.29 is 18.3 Å². The van der Waals surface area contributed by atoms with Crippen LogP contribution in [0.1, 0.15) is 17.5 Å². The number of rotatable bonds is 7. The van der Waals surface area contributed by atoms with Crippen LogP contribution in [0.4, 0.5) is 11.4 Å². The highest BCUT2D eigenvalue weighted by molar-refractivity contribution is 7.92. The van der Waals surface area contributed by atoms with Crippen LogP contribution in [0, 0.1) is 0 Å². The first-order chi connectivity index (χ1) is 17.9. The molecule has 7 heteroatoms. The van der Waals surface area contributed by atoms with Crippen LogP contribution in [0.5, 0.6) is 5.75 Å². The molecule has 2 N–H and O–H groups in total. The predicted octanol–water partition coefficient (Wildman–Crippen LogP) is 5.94. The lowest BCUT2D eigenvalue weighted by Gasteiger charge is -2.27. The second-order valence-electron chi connectivity index (χ2n) is 8.76. The van der Waals surface area contributed by atoms with Crippen molar-refractivity contribution in [1.29, 1.82) is 0 Å². The molecule has 0 unspecified atom stereocenters. The van der Waals surface area contributed by atoms with E-state index in [2.05, 4.69) is 4.72 Å². The fourth-order valence-corrected chi connectivity index (χ4v) is 5.53. The lowest BCUT2D eigenvalue weighted by atomic mass is 9.84. The standard InChI is InChI=1S/C30H26N2O4S/c1-36-27-17-15-24(16-18-27)32-37(34,35)28-14-8-13-25(19-28)31-26-20-29(22-9-4-2-5-10-22)30(33,21-26)23-11-6-3-7-12-23/h2-20,32-33H,21H2,1H3/t30-/m0/s1.